The minimum absolute atomic E-state index is 0.436. The molecular formula is C15H12BNO2. The molecular weight excluding hydrogens is 237 g/mol. The molecule has 0 amide bonds. The second kappa shape index (κ2) is 4.79. The van der Waals surface area contributed by atoms with Crippen molar-refractivity contribution in [3.63, 3.8) is 0 Å². The molecule has 0 saturated carbocycles. The summed E-state index contributed by atoms with van der Waals surface area (Å²) in [5.74, 6) is 1.39. The van der Waals surface area contributed by atoms with Gasteiger partial charge in [0.05, 0.1) is 6.57 Å². The van der Waals surface area contributed by atoms with Crippen LogP contribution in [-0.2, 0) is 6.42 Å². The number of hydrogen-bond acceptors (Lipinski definition) is 2. The van der Waals surface area contributed by atoms with E-state index in [4.69, 9.17) is 11.3 Å². The van der Waals surface area contributed by atoms with E-state index in [9.17, 15) is 5.02 Å². The Kier molecular flexibility index (Phi) is 2.98. The Balaban J connectivity index is 1.92. The first-order valence-electron chi connectivity index (χ1n) is 6.23. The van der Waals surface area contributed by atoms with Crippen molar-refractivity contribution in [1.82, 2.24) is 0 Å². The van der Waals surface area contributed by atoms with E-state index < -0.39 is 6.92 Å². The Morgan fingerprint density at radius 1 is 1.16 bits per heavy atom. The van der Waals surface area contributed by atoms with Gasteiger partial charge in [0.2, 0.25) is 0 Å². The quantitative estimate of drug-likeness (QED) is 0.655. The highest BCUT2D eigenvalue weighted by Crippen LogP contribution is 2.26. The van der Waals surface area contributed by atoms with Crippen LogP contribution in [0.1, 0.15) is 5.56 Å². The monoisotopic (exact) mass is 249 g/mol. The van der Waals surface area contributed by atoms with Crippen LogP contribution in [0.5, 0.6) is 11.5 Å². The first-order chi connectivity index (χ1) is 9.28. The molecule has 0 atom stereocenters. The molecule has 3 nitrogen and oxygen atoms in total. The third-order valence-corrected chi connectivity index (χ3v) is 3.37. The van der Waals surface area contributed by atoms with E-state index in [0.29, 0.717) is 17.2 Å². The minimum Gasteiger partial charge on any atom is -0.458 e. The van der Waals surface area contributed by atoms with Gasteiger partial charge in [0.25, 0.3) is 0 Å². The first kappa shape index (κ1) is 11.8. The number of fused-ring (bicyclic) bond motifs is 1. The zero-order valence-electron chi connectivity index (χ0n) is 10.3. The maximum absolute atomic E-state index is 10.0. The standard InChI is InChI=1S/C15H12BNO2/c1-17-12-5-7-13(8-6-12)19-14-4-2-3-11-9-10-16(18)15(11)14/h2-8,18H,9-10H2. The molecule has 19 heavy (non-hydrogen) atoms. The fraction of sp³-hybridized carbons (Fsp3) is 0.133. The maximum atomic E-state index is 10.0. The Bertz CT molecular complexity index is 646. The molecule has 3 rings (SSSR count). The van der Waals surface area contributed by atoms with Gasteiger partial charge in [0.15, 0.2) is 5.69 Å². The third kappa shape index (κ3) is 2.21. The van der Waals surface area contributed by atoms with E-state index in [2.05, 4.69) is 4.85 Å². The zero-order chi connectivity index (χ0) is 13.2. The van der Waals surface area contributed by atoms with Crippen molar-refractivity contribution in [3.8, 4) is 11.5 Å². The van der Waals surface area contributed by atoms with Crippen LogP contribution in [0.2, 0.25) is 6.32 Å². The van der Waals surface area contributed by atoms with Gasteiger partial charge in [-0.2, -0.15) is 0 Å². The molecule has 1 N–H and O–H groups in total. The normalized spacial score (nSPS) is 12.9. The van der Waals surface area contributed by atoms with Gasteiger partial charge in [0.1, 0.15) is 11.5 Å². The lowest BCUT2D eigenvalue weighted by atomic mass is 9.62. The molecule has 4 heteroatoms. The van der Waals surface area contributed by atoms with Crippen LogP contribution in [-0.4, -0.2) is 11.9 Å². The van der Waals surface area contributed by atoms with Gasteiger partial charge in [-0.25, -0.2) is 4.85 Å². The van der Waals surface area contributed by atoms with E-state index in [1.165, 1.54) is 0 Å². The van der Waals surface area contributed by atoms with Gasteiger partial charge in [-0.15, -0.1) is 0 Å². The summed E-state index contributed by atoms with van der Waals surface area (Å²) in [7, 11) is 0. The van der Waals surface area contributed by atoms with Gasteiger partial charge in [-0.05, 0) is 42.0 Å². The van der Waals surface area contributed by atoms with Crippen molar-refractivity contribution in [1.29, 1.82) is 0 Å². The predicted octanol–water partition coefficient (Wildman–Crippen LogP) is 2.78. The lowest BCUT2D eigenvalue weighted by molar-refractivity contribution is 0.484. The van der Waals surface area contributed by atoms with Crippen molar-refractivity contribution in [2.24, 2.45) is 0 Å². The van der Waals surface area contributed by atoms with Crippen molar-refractivity contribution in [2.75, 3.05) is 0 Å². The van der Waals surface area contributed by atoms with Crippen LogP contribution < -0.4 is 10.2 Å². The van der Waals surface area contributed by atoms with Crippen molar-refractivity contribution >= 4 is 18.1 Å². The molecule has 0 spiro atoms. The summed E-state index contributed by atoms with van der Waals surface area (Å²) in [6.45, 7) is 6.48. The smallest absolute Gasteiger partial charge is 0.328 e. The number of nitrogens with zero attached hydrogens (tertiary/aromatic N) is 1. The highest BCUT2D eigenvalue weighted by atomic mass is 16.5. The molecule has 0 fully saturated rings. The molecule has 0 bridgehead atoms. The second-order valence-corrected chi connectivity index (χ2v) is 4.59. The van der Waals surface area contributed by atoms with Crippen molar-refractivity contribution < 1.29 is 9.76 Å². The molecule has 92 valence electrons. The number of rotatable bonds is 2. The van der Waals surface area contributed by atoms with Crippen molar-refractivity contribution in [3.05, 3.63) is 59.4 Å². The Morgan fingerprint density at radius 2 is 1.95 bits per heavy atom. The Morgan fingerprint density at radius 3 is 2.68 bits per heavy atom. The fourth-order valence-electron chi connectivity index (χ4n) is 2.43. The predicted molar refractivity (Wildman–Crippen MR) is 75.3 cm³/mol. The average Bonchev–Trinajstić information content (AvgIpc) is 2.83. The molecule has 1 aliphatic rings. The third-order valence-electron chi connectivity index (χ3n) is 3.37. The summed E-state index contributed by atoms with van der Waals surface area (Å²) in [4.78, 5) is 3.34. The van der Waals surface area contributed by atoms with Gasteiger partial charge >= 0.3 is 6.92 Å². The molecule has 1 aliphatic heterocycles. The van der Waals surface area contributed by atoms with E-state index in [1.54, 1.807) is 24.3 Å². The molecule has 1 heterocycles. The van der Waals surface area contributed by atoms with Crippen molar-refractivity contribution in [2.45, 2.75) is 12.7 Å². The second-order valence-electron chi connectivity index (χ2n) is 4.59. The van der Waals surface area contributed by atoms with E-state index >= 15 is 0 Å². The van der Waals surface area contributed by atoms with Crippen LogP contribution in [0.25, 0.3) is 4.85 Å². The molecule has 0 unspecified atom stereocenters. The molecule has 0 aliphatic carbocycles. The number of benzene rings is 2. The summed E-state index contributed by atoms with van der Waals surface area (Å²) in [6.07, 6.45) is 1.65. The first-order valence-corrected chi connectivity index (χ1v) is 6.23. The molecule has 0 aromatic heterocycles. The van der Waals surface area contributed by atoms with Crippen LogP contribution in [0, 0.1) is 6.57 Å². The van der Waals surface area contributed by atoms with Crippen LogP contribution in [0.4, 0.5) is 5.69 Å². The van der Waals surface area contributed by atoms with E-state index in [-0.39, 0.29) is 0 Å². The van der Waals surface area contributed by atoms with Crippen LogP contribution in [0.3, 0.4) is 0 Å². The van der Waals surface area contributed by atoms with E-state index in [1.807, 2.05) is 18.2 Å². The van der Waals surface area contributed by atoms with Crippen LogP contribution in [0.15, 0.2) is 42.5 Å². The van der Waals surface area contributed by atoms with Gasteiger partial charge in [-0.1, -0.05) is 24.3 Å². The molecule has 2 aromatic carbocycles. The summed E-state index contributed by atoms with van der Waals surface area (Å²) in [5.41, 5.74) is 2.64. The molecule has 0 saturated heterocycles. The summed E-state index contributed by atoms with van der Waals surface area (Å²) in [5, 5.41) is 10.0. The molecule has 2 aromatic rings. The number of hydrogen-bond donors (Lipinski definition) is 1. The lowest BCUT2D eigenvalue weighted by Crippen LogP contribution is -2.27. The zero-order valence-corrected chi connectivity index (χ0v) is 10.3. The van der Waals surface area contributed by atoms with Crippen LogP contribution >= 0.6 is 0 Å². The maximum Gasteiger partial charge on any atom is 0.328 e. The summed E-state index contributed by atoms with van der Waals surface area (Å²) < 4.78 is 5.83. The number of ether oxygens (including phenoxy) is 1. The van der Waals surface area contributed by atoms with Gasteiger partial charge in [-0.3, -0.25) is 0 Å². The topological polar surface area (TPSA) is 33.8 Å². The number of aryl methyl sites for hydroxylation is 1. The average molecular weight is 249 g/mol. The Labute approximate surface area is 112 Å². The Hall–Kier alpha value is -2.25. The lowest BCUT2D eigenvalue weighted by Gasteiger charge is -2.11. The highest BCUT2D eigenvalue weighted by Gasteiger charge is 2.28. The minimum atomic E-state index is -0.436. The summed E-state index contributed by atoms with van der Waals surface area (Å²) in [6, 6.07) is 12.8. The summed E-state index contributed by atoms with van der Waals surface area (Å²) >= 11 is 0. The van der Waals surface area contributed by atoms with Gasteiger partial charge in [0, 0.05) is 0 Å². The molecule has 0 radical (unpaired) electrons. The largest absolute Gasteiger partial charge is 0.458 e. The fourth-order valence-corrected chi connectivity index (χ4v) is 2.43. The SMILES string of the molecule is [C-]#[N+]c1ccc(Oc2cccc3c2B(O)CC3)cc1. The van der Waals surface area contributed by atoms with Gasteiger partial charge < -0.3 is 9.76 Å². The highest BCUT2D eigenvalue weighted by molar-refractivity contribution is 6.69. The van der Waals surface area contributed by atoms with E-state index in [0.717, 1.165) is 23.8 Å².